The molecule has 0 aliphatic rings. The van der Waals surface area contributed by atoms with Crippen molar-refractivity contribution >= 4 is 39.1 Å². The fourth-order valence-corrected chi connectivity index (χ4v) is 6.86. The summed E-state index contributed by atoms with van der Waals surface area (Å²) >= 11 is 6.33. The van der Waals surface area contributed by atoms with Gasteiger partial charge in [-0.1, -0.05) is 85.1 Å². The van der Waals surface area contributed by atoms with Gasteiger partial charge in [-0.05, 0) is 60.9 Å². The van der Waals surface area contributed by atoms with Crippen LogP contribution in [0.4, 0.5) is 5.69 Å². The number of rotatable bonds is 16. The average Bonchev–Trinajstić information content (AvgIpc) is 3.09. The maximum atomic E-state index is 14.6. The van der Waals surface area contributed by atoms with Gasteiger partial charge in [0.15, 0.2) is 11.5 Å². The molecule has 4 rings (SSSR count). The molecule has 0 unspecified atom stereocenters. The van der Waals surface area contributed by atoms with Crippen molar-refractivity contribution in [3.8, 4) is 11.5 Å². The second-order valence-electron chi connectivity index (χ2n) is 11.4. The third kappa shape index (κ3) is 9.29. The monoisotopic (exact) mass is 691 g/mol. The fourth-order valence-electron chi connectivity index (χ4n) is 5.24. The Kier molecular flexibility index (Phi) is 12.9. The van der Waals surface area contributed by atoms with Gasteiger partial charge in [-0.15, -0.1) is 0 Å². The number of aryl methyl sites for hydroxylation is 1. The Labute approximate surface area is 288 Å². The first kappa shape index (κ1) is 36.3. The number of ether oxygens (including phenoxy) is 2. The van der Waals surface area contributed by atoms with Crippen LogP contribution in [0.5, 0.6) is 11.5 Å². The van der Waals surface area contributed by atoms with Crippen molar-refractivity contribution in [3.63, 3.8) is 0 Å². The molecule has 0 saturated heterocycles. The van der Waals surface area contributed by atoms with Crippen LogP contribution in [-0.2, 0) is 32.6 Å². The van der Waals surface area contributed by atoms with Crippen LogP contribution in [0.15, 0.2) is 102 Å². The highest BCUT2D eigenvalue weighted by Gasteiger charge is 2.35. The van der Waals surface area contributed by atoms with Crippen molar-refractivity contribution in [2.75, 3.05) is 31.6 Å². The van der Waals surface area contributed by atoms with E-state index in [2.05, 4.69) is 5.32 Å². The quantitative estimate of drug-likeness (QED) is 0.136. The van der Waals surface area contributed by atoms with Gasteiger partial charge >= 0.3 is 0 Å². The number of nitrogens with zero attached hydrogens (tertiary/aromatic N) is 2. The van der Waals surface area contributed by atoms with E-state index in [-0.39, 0.29) is 29.5 Å². The lowest BCUT2D eigenvalue weighted by atomic mass is 10.0. The zero-order valence-corrected chi connectivity index (χ0v) is 29.3. The first-order chi connectivity index (χ1) is 23.1. The molecule has 0 heterocycles. The molecule has 4 aromatic rings. The molecule has 48 heavy (non-hydrogen) atoms. The van der Waals surface area contributed by atoms with Crippen LogP contribution in [-0.4, -0.2) is 58.5 Å². The summed E-state index contributed by atoms with van der Waals surface area (Å²) in [7, 11) is -1.35. The number of benzene rings is 4. The number of nitrogens with one attached hydrogen (secondary N) is 1. The van der Waals surface area contributed by atoms with Crippen LogP contribution in [0, 0.1) is 6.92 Å². The predicted octanol–water partition coefficient (Wildman–Crippen LogP) is 6.42. The summed E-state index contributed by atoms with van der Waals surface area (Å²) in [5.74, 6) is -0.220. The van der Waals surface area contributed by atoms with E-state index >= 15 is 0 Å². The Morgan fingerprint density at radius 1 is 0.854 bits per heavy atom. The lowest BCUT2D eigenvalue weighted by Crippen LogP contribution is -2.53. The second kappa shape index (κ2) is 17.0. The lowest BCUT2D eigenvalue weighted by Gasteiger charge is -2.34. The highest BCUT2D eigenvalue weighted by atomic mass is 35.5. The molecule has 0 aliphatic heterocycles. The summed E-state index contributed by atoms with van der Waals surface area (Å²) in [5.41, 5.74) is 2.61. The van der Waals surface area contributed by atoms with Crippen LogP contribution >= 0.6 is 11.6 Å². The SMILES string of the molecule is CCCCNC(=O)[C@H](Cc1ccccc1)N(Cc1cccc(Cl)c1)C(=O)CN(c1ccc(OC)c(OC)c1)S(=O)(=O)c1ccc(C)cc1. The van der Waals surface area contributed by atoms with Crippen molar-refractivity contribution in [2.45, 2.75) is 50.6 Å². The minimum atomic E-state index is -4.28. The van der Waals surface area contributed by atoms with E-state index in [0.717, 1.165) is 28.3 Å². The minimum absolute atomic E-state index is 0.00946. The molecule has 0 radical (unpaired) electrons. The first-order valence-electron chi connectivity index (χ1n) is 15.7. The molecule has 1 N–H and O–H groups in total. The molecular weight excluding hydrogens is 650 g/mol. The average molecular weight is 692 g/mol. The van der Waals surface area contributed by atoms with E-state index in [9.17, 15) is 18.0 Å². The summed E-state index contributed by atoms with van der Waals surface area (Å²) in [6.45, 7) is 3.75. The number of hydrogen-bond donors (Lipinski definition) is 1. The van der Waals surface area contributed by atoms with E-state index in [1.54, 1.807) is 42.5 Å². The number of amides is 2. The number of anilines is 1. The van der Waals surface area contributed by atoms with Crippen LogP contribution in [0.1, 0.15) is 36.5 Å². The van der Waals surface area contributed by atoms with Gasteiger partial charge in [0, 0.05) is 30.6 Å². The van der Waals surface area contributed by atoms with E-state index in [1.165, 1.54) is 37.3 Å². The molecule has 0 aliphatic carbocycles. The molecule has 254 valence electrons. The molecule has 9 nitrogen and oxygen atoms in total. The van der Waals surface area contributed by atoms with Crippen molar-refractivity contribution in [3.05, 3.63) is 119 Å². The smallest absolute Gasteiger partial charge is 0.264 e. The van der Waals surface area contributed by atoms with Gasteiger partial charge in [0.1, 0.15) is 12.6 Å². The first-order valence-corrected chi connectivity index (χ1v) is 17.6. The maximum Gasteiger partial charge on any atom is 0.264 e. The molecular formula is C37H42ClN3O6S. The topological polar surface area (TPSA) is 105 Å². The third-order valence-corrected chi connectivity index (χ3v) is 9.91. The maximum absolute atomic E-state index is 14.6. The van der Waals surface area contributed by atoms with Crippen molar-refractivity contribution < 1.29 is 27.5 Å². The molecule has 0 bridgehead atoms. The molecule has 0 fully saturated rings. The second-order valence-corrected chi connectivity index (χ2v) is 13.7. The van der Waals surface area contributed by atoms with Crippen LogP contribution in [0.3, 0.4) is 0 Å². The summed E-state index contributed by atoms with van der Waals surface area (Å²) in [6, 6.07) is 26.6. The summed E-state index contributed by atoms with van der Waals surface area (Å²) in [5, 5.41) is 3.46. The number of carbonyl (C=O) groups is 2. The standard InChI is InChI=1S/C37H42ClN3O6S/c1-5-6-21-39-37(43)33(23-28-11-8-7-9-12-28)40(25-29-13-10-14-30(38)22-29)36(42)26-41(31-17-20-34(46-3)35(24-31)47-4)48(44,45)32-18-15-27(2)16-19-32/h7-20,22,24,33H,5-6,21,23,25-26H2,1-4H3,(H,39,43)/t33-/m0/s1. The zero-order chi connectivity index (χ0) is 34.7. The summed E-state index contributed by atoms with van der Waals surface area (Å²) in [6.07, 6.45) is 1.87. The van der Waals surface area contributed by atoms with Crippen molar-refractivity contribution in [1.29, 1.82) is 0 Å². The van der Waals surface area contributed by atoms with Gasteiger partial charge in [-0.2, -0.15) is 0 Å². The highest BCUT2D eigenvalue weighted by Crippen LogP contribution is 2.34. The molecule has 4 aromatic carbocycles. The number of hydrogen-bond acceptors (Lipinski definition) is 6. The van der Waals surface area contributed by atoms with Gasteiger partial charge in [-0.3, -0.25) is 13.9 Å². The lowest BCUT2D eigenvalue weighted by molar-refractivity contribution is -0.140. The largest absolute Gasteiger partial charge is 0.493 e. The number of methoxy groups -OCH3 is 2. The Morgan fingerprint density at radius 2 is 1.54 bits per heavy atom. The third-order valence-electron chi connectivity index (χ3n) is 7.89. The van der Waals surface area contributed by atoms with Crippen LogP contribution < -0.4 is 19.1 Å². The molecule has 0 saturated carbocycles. The summed E-state index contributed by atoms with van der Waals surface area (Å²) in [4.78, 5) is 30.0. The van der Waals surface area contributed by atoms with Gasteiger partial charge < -0.3 is 19.7 Å². The summed E-state index contributed by atoms with van der Waals surface area (Å²) < 4.78 is 40.5. The zero-order valence-electron chi connectivity index (χ0n) is 27.7. The van der Waals surface area contributed by atoms with Crippen LogP contribution in [0.2, 0.25) is 5.02 Å². The predicted molar refractivity (Wildman–Crippen MR) is 189 cm³/mol. The van der Waals surface area contributed by atoms with Crippen LogP contribution in [0.25, 0.3) is 0 Å². The van der Waals surface area contributed by atoms with Crippen molar-refractivity contribution in [1.82, 2.24) is 10.2 Å². The van der Waals surface area contributed by atoms with E-state index < -0.39 is 28.5 Å². The van der Waals surface area contributed by atoms with E-state index in [1.807, 2.05) is 50.2 Å². The minimum Gasteiger partial charge on any atom is -0.493 e. The Bertz CT molecular complexity index is 1780. The van der Waals surface area contributed by atoms with Gasteiger partial charge in [0.05, 0.1) is 24.8 Å². The number of carbonyl (C=O) groups excluding carboxylic acids is 2. The Morgan fingerprint density at radius 3 is 2.19 bits per heavy atom. The Hall–Kier alpha value is -4.54. The van der Waals surface area contributed by atoms with E-state index in [0.29, 0.717) is 28.6 Å². The number of sulfonamides is 1. The number of halogens is 1. The highest BCUT2D eigenvalue weighted by molar-refractivity contribution is 7.92. The molecule has 1 atom stereocenters. The van der Waals surface area contributed by atoms with Gasteiger partial charge in [0.2, 0.25) is 11.8 Å². The molecule has 11 heteroatoms. The molecule has 2 amide bonds. The number of unbranched alkanes of at least 4 members (excludes halogenated alkanes) is 1. The molecule has 0 aromatic heterocycles. The van der Waals surface area contributed by atoms with Crippen molar-refractivity contribution in [2.24, 2.45) is 0 Å². The normalized spacial score (nSPS) is 11.8. The Balaban J connectivity index is 1.83. The van der Waals surface area contributed by atoms with Gasteiger partial charge in [0.25, 0.3) is 10.0 Å². The molecule has 0 spiro atoms. The van der Waals surface area contributed by atoms with Gasteiger partial charge in [-0.25, -0.2) is 8.42 Å². The fraction of sp³-hybridized carbons (Fsp3) is 0.297. The van der Waals surface area contributed by atoms with E-state index in [4.69, 9.17) is 21.1 Å².